The third-order valence-electron chi connectivity index (χ3n) is 5.68. The van der Waals surface area contributed by atoms with Crippen LogP contribution in [0, 0.1) is 5.82 Å². The fourth-order valence-corrected chi connectivity index (χ4v) is 4.88. The number of pyridine rings is 1. The Labute approximate surface area is 163 Å². The lowest BCUT2D eigenvalue weighted by Gasteiger charge is -2.32. The number of fused-ring (bicyclic) bond motifs is 1. The molecule has 0 radical (unpaired) electrons. The van der Waals surface area contributed by atoms with E-state index >= 15 is 0 Å². The van der Waals surface area contributed by atoms with Crippen molar-refractivity contribution < 1.29 is 9.18 Å². The second-order valence-electron chi connectivity index (χ2n) is 7.49. The average molecular weight is 389 g/mol. The van der Waals surface area contributed by atoms with Gasteiger partial charge in [0.1, 0.15) is 5.82 Å². The molecule has 7 heteroatoms. The van der Waals surface area contributed by atoms with E-state index in [9.17, 15) is 9.18 Å². The standard InChI is InChI=1S/C20H25FN4OS/c1-14(24-6-3-19-16(13-24)4-7-27-19)9-23-20(26)25-5-2-15(12-25)17-8-18(21)11-22-10-17/h4,7-8,10-11,14-15H,2-3,5-6,9,12-13H2,1H3,(H,23,26). The highest BCUT2D eigenvalue weighted by Gasteiger charge is 2.28. The van der Waals surface area contributed by atoms with Gasteiger partial charge in [0.25, 0.3) is 0 Å². The summed E-state index contributed by atoms with van der Waals surface area (Å²) in [5.41, 5.74) is 2.30. The highest BCUT2D eigenvalue weighted by molar-refractivity contribution is 7.10. The first-order valence-corrected chi connectivity index (χ1v) is 10.4. The minimum absolute atomic E-state index is 0.0260. The van der Waals surface area contributed by atoms with Crippen molar-refractivity contribution in [1.82, 2.24) is 20.1 Å². The number of hydrogen-bond donors (Lipinski definition) is 1. The Kier molecular flexibility index (Phi) is 5.41. The van der Waals surface area contributed by atoms with Crippen molar-refractivity contribution in [2.45, 2.75) is 38.3 Å². The molecule has 2 atom stereocenters. The van der Waals surface area contributed by atoms with E-state index in [0.29, 0.717) is 25.7 Å². The van der Waals surface area contributed by atoms with Crippen LogP contribution in [0.2, 0.25) is 0 Å². The molecule has 2 aromatic heterocycles. The minimum Gasteiger partial charge on any atom is -0.336 e. The van der Waals surface area contributed by atoms with E-state index in [2.05, 4.69) is 33.6 Å². The highest BCUT2D eigenvalue weighted by Crippen LogP contribution is 2.27. The lowest BCUT2D eigenvalue weighted by molar-refractivity contribution is 0.177. The molecule has 2 aliphatic heterocycles. The number of urea groups is 1. The molecule has 5 nitrogen and oxygen atoms in total. The first kappa shape index (κ1) is 18.4. The normalized spacial score (nSPS) is 21.1. The Hall–Kier alpha value is -1.99. The fraction of sp³-hybridized carbons (Fsp3) is 0.500. The average Bonchev–Trinajstić information content (AvgIpc) is 3.34. The number of carbonyl (C=O) groups excluding carboxylic acids is 1. The summed E-state index contributed by atoms with van der Waals surface area (Å²) in [7, 11) is 0. The van der Waals surface area contributed by atoms with Crippen molar-refractivity contribution in [2.24, 2.45) is 0 Å². The van der Waals surface area contributed by atoms with Crippen molar-refractivity contribution in [3.63, 3.8) is 0 Å². The number of thiophene rings is 1. The van der Waals surface area contributed by atoms with Crippen molar-refractivity contribution in [1.29, 1.82) is 0 Å². The number of rotatable bonds is 4. The van der Waals surface area contributed by atoms with Gasteiger partial charge >= 0.3 is 6.03 Å². The molecule has 1 saturated heterocycles. The van der Waals surface area contributed by atoms with Gasteiger partial charge in [-0.3, -0.25) is 9.88 Å². The Morgan fingerprint density at radius 3 is 3.19 bits per heavy atom. The quantitative estimate of drug-likeness (QED) is 0.875. The maximum atomic E-state index is 13.4. The summed E-state index contributed by atoms with van der Waals surface area (Å²) in [5.74, 6) is -0.157. The summed E-state index contributed by atoms with van der Waals surface area (Å²) >= 11 is 1.84. The molecule has 0 spiro atoms. The van der Waals surface area contributed by atoms with Gasteiger partial charge in [-0.25, -0.2) is 9.18 Å². The molecular weight excluding hydrogens is 363 g/mol. The smallest absolute Gasteiger partial charge is 0.317 e. The summed E-state index contributed by atoms with van der Waals surface area (Å²) < 4.78 is 13.4. The third kappa shape index (κ3) is 4.14. The Morgan fingerprint density at radius 1 is 1.44 bits per heavy atom. The number of hydrogen-bond acceptors (Lipinski definition) is 4. The lowest BCUT2D eigenvalue weighted by atomic mass is 10.0. The van der Waals surface area contributed by atoms with Crippen LogP contribution >= 0.6 is 11.3 Å². The number of halogens is 1. The molecule has 0 bridgehead atoms. The number of nitrogens with one attached hydrogen (secondary N) is 1. The van der Waals surface area contributed by atoms with Crippen molar-refractivity contribution >= 4 is 17.4 Å². The number of nitrogens with zero attached hydrogens (tertiary/aromatic N) is 3. The monoisotopic (exact) mass is 388 g/mol. The van der Waals surface area contributed by atoms with Crippen LogP contribution in [-0.4, -0.2) is 53.0 Å². The van der Waals surface area contributed by atoms with Crippen LogP contribution < -0.4 is 5.32 Å². The van der Waals surface area contributed by atoms with E-state index in [1.165, 1.54) is 22.7 Å². The lowest BCUT2D eigenvalue weighted by Crippen LogP contribution is -2.47. The first-order valence-electron chi connectivity index (χ1n) is 9.52. The summed E-state index contributed by atoms with van der Waals surface area (Å²) in [6, 6.07) is 4.01. The number of amides is 2. The predicted molar refractivity (Wildman–Crippen MR) is 104 cm³/mol. The molecule has 1 fully saturated rings. The highest BCUT2D eigenvalue weighted by atomic mass is 32.1. The Bertz CT molecular complexity index is 811. The Morgan fingerprint density at radius 2 is 2.33 bits per heavy atom. The molecular formula is C20H25FN4OS. The summed E-state index contributed by atoms with van der Waals surface area (Å²) in [6.07, 6.45) is 4.86. The molecule has 2 amide bonds. The van der Waals surface area contributed by atoms with Gasteiger partial charge in [0.05, 0.1) is 6.20 Å². The maximum Gasteiger partial charge on any atom is 0.317 e. The largest absolute Gasteiger partial charge is 0.336 e. The minimum atomic E-state index is -0.320. The second-order valence-corrected chi connectivity index (χ2v) is 8.49. The third-order valence-corrected chi connectivity index (χ3v) is 6.71. The molecule has 0 aliphatic carbocycles. The topological polar surface area (TPSA) is 48.5 Å². The summed E-state index contributed by atoms with van der Waals surface area (Å²) in [5, 5.41) is 5.25. The molecule has 0 saturated carbocycles. The van der Waals surface area contributed by atoms with Crippen LogP contribution in [-0.2, 0) is 13.0 Å². The van der Waals surface area contributed by atoms with Gasteiger partial charge in [-0.1, -0.05) is 0 Å². The fourth-order valence-electron chi connectivity index (χ4n) is 3.99. The molecule has 27 heavy (non-hydrogen) atoms. The van der Waals surface area contributed by atoms with Gasteiger partial charge in [-0.05, 0) is 48.4 Å². The molecule has 144 valence electrons. The predicted octanol–water partition coefficient (Wildman–Crippen LogP) is 3.23. The molecule has 4 heterocycles. The van der Waals surface area contributed by atoms with Crippen molar-refractivity contribution in [3.05, 3.63) is 51.7 Å². The van der Waals surface area contributed by atoms with Gasteiger partial charge in [0.15, 0.2) is 0 Å². The van der Waals surface area contributed by atoms with Crippen LogP contribution in [0.15, 0.2) is 29.9 Å². The van der Waals surface area contributed by atoms with Gasteiger partial charge in [0, 0.05) is 55.8 Å². The van der Waals surface area contributed by atoms with Crippen LogP contribution in [0.1, 0.15) is 35.3 Å². The number of aromatic nitrogens is 1. The molecule has 2 aromatic rings. The first-order chi connectivity index (χ1) is 13.1. The van der Waals surface area contributed by atoms with Crippen molar-refractivity contribution in [2.75, 3.05) is 26.2 Å². The van der Waals surface area contributed by atoms with Crippen LogP contribution in [0.5, 0.6) is 0 Å². The molecule has 4 rings (SSSR count). The maximum absolute atomic E-state index is 13.4. The summed E-state index contributed by atoms with van der Waals surface area (Å²) in [4.78, 5) is 22.2. The van der Waals surface area contributed by atoms with E-state index < -0.39 is 0 Å². The van der Waals surface area contributed by atoms with E-state index in [-0.39, 0.29) is 17.8 Å². The van der Waals surface area contributed by atoms with E-state index in [1.54, 1.807) is 6.20 Å². The van der Waals surface area contributed by atoms with E-state index in [0.717, 1.165) is 31.5 Å². The number of likely N-dealkylation sites (tertiary alicyclic amines) is 1. The molecule has 2 unspecified atom stereocenters. The van der Waals surface area contributed by atoms with E-state index in [1.807, 2.05) is 16.2 Å². The van der Waals surface area contributed by atoms with Gasteiger partial charge in [-0.15, -0.1) is 11.3 Å². The van der Waals surface area contributed by atoms with Crippen molar-refractivity contribution in [3.8, 4) is 0 Å². The van der Waals surface area contributed by atoms with Gasteiger partial charge < -0.3 is 10.2 Å². The molecule has 0 aromatic carbocycles. The van der Waals surface area contributed by atoms with E-state index in [4.69, 9.17) is 0 Å². The zero-order valence-corrected chi connectivity index (χ0v) is 16.3. The summed E-state index contributed by atoms with van der Waals surface area (Å²) in [6.45, 7) is 6.14. The van der Waals surface area contributed by atoms with Crippen LogP contribution in [0.4, 0.5) is 9.18 Å². The SMILES string of the molecule is CC(CNC(=O)N1CCC(c2cncc(F)c2)C1)N1CCc2sccc2C1. The van der Waals surface area contributed by atoms with Crippen LogP contribution in [0.25, 0.3) is 0 Å². The molecule has 2 aliphatic rings. The second kappa shape index (κ2) is 7.94. The van der Waals surface area contributed by atoms with Gasteiger partial charge in [-0.2, -0.15) is 0 Å². The zero-order chi connectivity index (χ0) is 18.8. The zero-order valence-electron chi connectivity index (χ0n) is 15.5. The van der Waals surface area contributed by atoms with Gasteiger partial charge in [0.2, 0.25) is 0 Å². The van der Waals surface area contributed by atoms with Crippen LogP contribution in [0.3, 0.4) is 0 Å². The Balaban J connectivity index is 1.26. The number of carbonyl (C=O) groups is 1. The molecule has 1 N–H and O–H groups in total.